The molecule has 0 saturated carbocycles. The predicted molar refractivity (Wildman–Crippen MR) is 76.5 cm³/mol. The van der Waals surface area contributed by atoms with Crippen LogP contribution >= 0.6 is 11.6 Å². The van der Waals surface area contributed by atoms with E-state index in [1.165, 1.54) is 0 Å². The second-order valence-electron chi connectivity index (χ2n) is 4.84. The summed E-state index contributed by atoms with van der Waals surface area (Å²) in [7, 11) is 0. The molecule has 0 heterocycles. The van der Waals surface area contributed by atoms with Gasteiger partial charge >= 0.3 is 0 Å². The number of benzene rings is 1. The highest BCUT2D eigenvalue weighted by molar-refractivity contribution is 6.18. The summed E-state index contributed by atoms with van der Waals surface area (Å²) >= 11 is 5.76. The Morgan fingerprint density at radius 1 is 1.22 bits per heavy atom. The maximum Gasteiger partial charge on any atom is 0.238 e. The minimum Gasteiger partial charge on any atom is -0.299 e. The largest absolute Gasteiger partial charge is 0.299 e. The van der Waals surface area contributed by atoms with Gasteiger partial charge in [-0.25, -0.2) is 0 Å². The summed E-state index contributed by atoms with van der Waals surface area (Å²) in [6.07, 6.45) is 1.49. The molecule has 1 rings (SSSR count). The Hall–Kier alpha value is -1.22. The third kappa shape index (κ3) is 5.92. The summed E-state index contributed by atoms with van der Waals surface area (Å²) in [5.41, 5.74) is 6.47. The van der Waals surface area contributed by atoms with E-state index in [1.54, 1.807) is 0 Å². The van der Waals surface area contributed by atoms with Crippen molar-refractivity contribution in [1.82, 2.24) is 5.43 Å². The number of carbonyl (C=O) groups is 1. The fourth-order valence-electron chi connectivity index (χ4n) is 1.86. The van der Waals surface area contributed by atoms with Crippen LogP contribution in [-0.4, -0.2) is 11.8 Å². The first-order chi connectivity index (χ1) is 8.61. The number of carbonyl (C=O) groups excluding carboxylic acids is 1. The van der Waals surface area contributed by atoms with E-state index in [0.29, 0.717) is 24.1 Å². The third-order valence-electron chi connectivity index (χ3n) is 2.72. The first kappa shape index (κ1) is 14.8. The molecule has 0 aliphatic heterocycles. The molecule has 0 radical (unpaired) electrons. The number of nitrogens with one attached hydrogen (secondary N) is 2. The molecule has 4 heteroatoms. The molecule has 0 aliphatic rings. The van der Waals surface area contributed by atoms with Crippen LogP contribution in [0.2, 0.25) is 0 Å². The van der Waals surface area contributed by atoms with Crippen LogP contribution in [0.15, 0.2) is 30.3 Å². The Bertz CT molecular complexity index is 356. The quantitative estimate of drug-likeness (QED) is 0.588. The molecule has 1 aromatic rings. The molecule has 1 amide bonds. The van der Waals surface area contributed by atoms with Crippen LogP contribution in [0.4, 0.5) is 5.69 Å². The van der Waals surface area contributed by atoms with Gasteiger partial charge in [0.15, 0.2) is 0 Å². The van der Waals surface area contributed by atoms with Gasteiger partial charge < -0.3 is 0 Å². The molecule has 2 unspecified atom stereocenters. The molecule has 0 aromatic heterocycles. The van der Waals surface area contributed by atoms with Crippen molar-refractivity contribution in [2.24, 2.45) is 11.8 Å². The Kier molecular flexibility index (Phi) is 6.58. The first-order valence-electron chi connectivity index (χ1n) is 6.27. The Morgan fingerprint density at radius 3 is 2.50 bits per heavy atom. The maximum absolute atomic E-state index is 11.7. The van der Waals surface area contributed by atoms with E-state index in [4.69, 9.17) is 11.6 Å². The van der Waals surface area contributed by atoms with Crippen LogP contribution in [-0.2, 0) is 4.79 Å². The third-order valence-corrected chi connectivity index (χ3v) is 3.25. The van der Waals surface area contributed by atoms with Gasteiger partial charge in [0.05, 0.1) is 5.69 Å². The van der Waals surface area contributed by atoms with Crippen LogP contribution < -0.4 is 10.9 Å². The molecule has 0 bridgehead atoms. The summed E-state index contributed by atoms with van der Waals surface area (Å²) in [5.74, 6) is 1.45. The minimum absolute atomic E-state index is 0.00752. The van der Waals surface area contributed by atoms with Crippen molar-refractivity contribution in [2.75, 3.05) is 11.3 Å². The van der Waals surface area contributed by atoms with Gasteiger partial charge in [-0.05, 0) is 30.4 Å². The SMILES string of the molecule is CC(CCl)CC(C)CC(=O)NNc1ccccc1. The van der Waals surface area contributed by atoms with Crippen molar-refractivity contribution in [3.8, 4) is 0 Å². The Labute approximate surface area is 114 Å². The van der Waals surface area contributed by atoms with E-state index in [-0.39, 0.29) is 5.91 Å². The number of anilines is 1. The summed E-state index contributed by atoms with van der Waals surface area (Å²) in [6.45, 7) is 4.18. The second kappa shape index (κ2) is 7.98. The van der Waals surface area contributed by atoms with Gasteiger partial charge in [-0.2, -0.15) is 0 Å². The molecule has 100 valence electrons. The lowest BCUT2D eigenvalue weighted by molar-refractivity contribution is -0.121. The fraction of sp³-hybridized carbons (Fsp3) is 0.500. The standard InChI is InChI=1S/C14H21ClN2O/c1-11(8-12(2)10-15)9-14(18)17-16-13-6-4-3-5-7-13/h3-7,11-12,16H,8-10H2,1-2H3,(H,17,18). The van der Waals surface area contributed by atoms with Crippen LogP contribution in [0.25, 0.3) is 0 Å². The topological polar surface area (TPSA) is 41.1 Å². The molecule has 0 saturated heterocycles. The van der Waals surface area contributed by atoms with Crippen LogP contribution in [0.5, 0.6) is 0 Å². The van der Waals surface area contributed by atoms with Crippen molar-refractivity contribution in [3.05, 3.63) is 30.3 Å². The number of halogens is 1. The first-order valence-corrected chi connectivity index (χ1v) is 6.81. The molecular formula is C14H21ClN2O. The zero-order valence-corrected chi connectivity index (χ0v) is 11.7. The highest BCUT2D eigenvalue weighted by Crippen LogP contribution is 2.16. The van der Waals surface area contributed by atoms with Crippen LogP contribution in [0.3, 0.4) is 0 Å². The van der Waals surface area contributed by atoms with Crippen molar-refractivity contribution in [1.29, 1.82) is 0 Å². The van der Waals surface area contributed by atoms with Crippen molar-refractivity contribution in [3.63, 3.8) is 0 Å². The number of amides is 1. The predicted octanol–water partition coefficient (Wildman–Crippen LogP) is 3.42. The molecule has 0 spiro atoms. The minimum atomic E-state index is 0.00752. The van der Waals surface area contributed by atoms with Crippen LogP contribution in [0, 0.1) is 11.8 Å². The zero-order chi connectivity index (χ0) is 13.4. The summed E-state index contributed by atoms with van der Waals surface area (Å²) in [5, 5.41) is 0. The highest BCUT2D eigenvalue weighted by Gasteiger charge is 2.12. The highest BCUT2D eigenvalue weighted by atomic mass is 35.5. The Morgan fingerprint density at radius 2 is 1.89 bits per heavy atom. The average Bonchev–Trinajstić information content (AvgIpc) is 2.37. The second-order valence-corrected chi connectivity index (χ2v) is 5.15. The smallest absolute Gasteiger partial charge is 0.238 e. The van der Waals surface area contributed by atoms with Crippen molar-refractivity contribution in [2.45, 2.75) is 26.7 Å². The van der Waals surface area contributed by atoms with Gasteiger partial charge in [-0.15, -0.1) is 11.6 Å². The lowest BCUT2D eigenvalue weighted by Gasteiger charge is -2.15. The molecule has 0 aliphatic carbocycles. The number of hydrazine groups is 1. The lowest BCUT2D eigenvalue weighted by Crippen LogP contribution is -2.30. The molecular weight excluding hydrogens is 248 g/mol. The number of alkyl halides is 1. The van der Waals surface area contributed by atoms with E-state index in [9.17, 15) is 4.79 Å². The van der Waals surface area contributed by atoms with Crippen LogP contribution in [0.1, 0.15) is 26.7 Å². The summed E-state index contributed by atoms with van der Waals surface area (Å²) in [6, 6.07) is 9.57. The summed E-state index contributed by atoms with van der Waals surface area (Å²) in [4.78, 5) is 11.7. The van der Waals surface area contributed by atoms with E-state index in [1.807, 2.05) is 30.3 Å². The molecule has 3 nitrogen and oxygen atoms in total. The van der Waals surface area contributed by atoms with E-state index in [0.717, 1.165) is 12.1 Å². The Balaban J connectivity index is 2.25. The zero-order valence-electron chi connectivity index (χ0n) is 10.9. The van der Waals surface area contributed by atoms with Gasteiger partial charge in [-0.3, -0.25) is 15.6 Å². The fourth-order valence-corrected chi connectivity index (χ4v) is 1.99. The molecule has 2 atom stereocenters. The van der Waals surface area contributed by atoms with Gasteiger partial charge in [0, 0.05) is 12.3 Å². The average molecular weight is 269 g/mol. The molecule has 2 N–H and O–H groups in total. The van der Waals surface area contributed by atoms with E-state index in [2.05, 4.69) is 24.7 Å². The number of para-hydroxylation sites is 1. The van der Waals surface area contributed by atoms with E-state index >= 15 is 0 Å². The molecule has 18 heavy (non-hydrogen) atoms. The van der Waals surface area contributed by atoms with Gasteiger partial charge in [0.2, 0.25) is 5.91 Å². The van der Waals surface area contributed by atoms with E-state index < -0.39 is 0 Å². The number of hydrogen-bond donors (Lipinski definition) is 2. The van der Waals surface area contributed by atoms with Crippen molar-refractivity contribution >= 4 is 23.2 Å². The maximum atomic E-state index is 11.7. The van der Waals surface area contributed by atoms with Gasteiger partial charge in [0.1, 0.15) is 0 Å². The normalized spacial score (nSPS) is 13.7. The monoisotopic (exact) mass is 268 g/mol. The number of hydrogen-bond acceptors (Lipinski definition) is 2. The number of rotatable bonds is 7. The van der Waals surface area contributed by atoms with Gasteiger partial charge in [-0.1, -0.05) is 32.0 Å². The van der Waals surface area contributed by atoms with Crippen molar-refractivity contribution < 1.29 is 4.79 Å². The lowest BCUT2D eigenvalue weighted by atomic mass is 9.96. The van der Waals surface area contributed by atoms with Gasteiger partial charge in [0.25, 0.3) is 0 Å². The molecule has 0 fully saturated rings. The summed E-state index contributed by atoms with van der Waals surface area (Å²) < 4.78 is 0. The molecule has 1 aromatic carbocycles.